The van der Waals surface area contributed by atoms with Crippen LogP contribution in [0.15, 0.2) is 67.1 Å². The van der Waals surface area contributed by atoms with Gasteiger partial charge in [-0.3, -0.25) is 9.59 Å². The highest BCUT2D eigenvalue weighted by Crippen LogP contribution is 2.29. The van der Waals surface area contributed by atoms with Gasteiger partial charge in [-0.1, -0.05) is 18.2 Å². The van der Waals surface area contributed by atoms with Crippen molar-refractivity contribution in [3.63, 3.8) is 0 Å². The topological polar surface area (TPSA) is 97.4 Å². The van der Waals surface area contributed by atoms with E-state index in [0.29, 0.717) is 43.6 Å². The summed E-state index contributed by atoms with van der Waals surface area (Å²) in [5.41, 5.74) is 7.37. The van der Waals surface area contributed by atoms with E-state index in [1.807, 2.05) is 46.0 Å². The van der Waals surface area contributed by atoms with Crippen LogP contribution in [-0.4, -0.2) is 57.4 Å². The third-order valence-corrected chi connectivity index (χ3v) is 7.17. The third kappa shape index (κ3) is 5.57. The van der Waals surface area contributed by atoms with Crippen molar-refractivity contribution < 1.29 is 22.8 Å². The number of piperidine rings is 1. The Labute approximate surface area is 222 Å². The summed E-state index contributed by atoms with van der Waals surface area (Å²) in [6.45, 7) is 1.57. The maximum absolute atomic E-state index is 13.3. The molecule has 0 aliphatic carbocycles. The number of carbonyl (C=O) groups is 2. The molecule has 2 aromatic heterocycles. The van der Waals surface area contributed by atoms with Gasteiger partial charge in [0.15, 0.2) is 0 Å². The SMILES string of the molecule is CN(C(=O)c1cccc(Cn2ccc3ccc(C(N)=O)cc32)c1)C1CCN(c2ncc(C(F)(F)F)cn2)CC1. The fraction of sp³-hybridized carbons (Fsp3) is 0.286. The van der Waals surface area contributed by atoms with Crippen LogP contribution in [0.3, 0.4) is 0 Å². The van der Waals surface area contributed by atoms with Crippen LogP contribution in [0.4, 0.5) is 19.1 Å². The van der Waals surface area contributed by atoms with Gasteiger partial charge in [0, 0.05) is 68.0 Å². The summed E-state index contributed by atoms with van der Waals surface area (Å²) in [4.78, 5) is 36.3. The Bertz CT molecular complexity index is 1510. The number of halogens is 3. The first-order valence-electron chi connectivity index (χ1n) is 12.5. The Kier molecular flexibility index (Phi) is 6.98. The van der Waals surface area contributed by atoms with Crippen LogP contribution >= 0.6 is 0 Å². The van der Waals surface area contributed by atoms with Gasteiger partial charge >= 0.3 is 6.18 Å². The van der Waals surface area contributed by atoms with Crippen LogP contribution in [-0.2, 0) is 12.7 Å². The summed E-state index contributed by atoms with van der Waals surface area (Å²) in [5.74, 6) is -0.337. The first kappa shape index (κ1) is 26.2. The van der Waals surface area contributed by atoms with Crippen molar-refractivity contribution in [1.82, 2.24) is 19.4 Å². The maximum atomic E-state index is 13.3. The van der Waals surface area contributed by atoms with Crippen LogP contribution in [0.25, 0.3) is 10.9 Å². The van der Waals surface area contributed by atoms with E-state index >= 15 is 0 Å². The Hall–Kier alpha value is -4.41. The molecule has 8 nitrogen and oxygen atoms in total. The fourth-order valence-corrected chi connectivity index (χ4v) is 4.93. The molecule has 0 spiro atoms. The van der Waals surface area contributed by atoms with E-state index in [-0.39, 0.29) is 17.9 Å². The highest BCUT2D eigenvalue weighted by atomic mass is 19.4. The molecule has 0 bridgehead atoms. The van der Waals surface area contributed by atoms with E-state index < -0.39 is 17.6 Å². The number of carbonyl (C=O) groups excluding carboxylic acids is 2. The summed E-state index contributed by atoms with van der Waals surface area (Å²) >= 11 is 0. The zero-order chi connectivity index (χ0) is 27.7. The second-order valence-electron chi connectivity index (χ2n) is 9.69. The third-order valence-electron chi connectivity index (χ3n) is 7.17. The highest BCUT2D eigenvalue weighted by Gasteiger charge is 2.32. The molecule has 2 N–H and O–H groups in total. The molecule has 2 aromatic carbocycles. The van der Waals surface area contributed by atoms with E-state index in [0.717, 1.165) is 28.9 Å². The number of nitrogens with two attached hydrogens (primary N) is 1. The normalized spacial score (nSPS) is 14.5. The summed E-state index contributed by atoms with van der Waals surface area (Å²) < 4.78 is 40.4. The Morgan fingerprint density at radius 1 is 1.03 bits per heavy atom. The van der Waals surface area contributed by atoms with Gasteiger partial charge in [-0.05, 0) is 54.1 Å². The molecular formula is C28H27F3N6O2. The van der Waals surface area contributed by atoms with Crippen LogP contribution in [0, 0.1) is 0 Å². The molecule has 1 aliphatic rings. The fourth-order valence-electron chi connectivity index (χ4n) is 4.93. The molecule has 11 heteroatoms. The first-order chi connectivity index (χ1) is 18.6. The van der Waals surface area contributed by atoms with Crippen molar-refractivity contribution in [1.29, 1.82) is 0 Å². The molecule has 2 amide bonds. The van der Waals surface area contributed by atoms with Crippen molar-refractivity contribution in [3.8, 4) is 0 Å². The van der Waals surface area contributed by atoms with Gasteiger partial charge in [0.1, 0.15) is 0 Å². The molecule has 202 valence electrons. The minimum absolute atomic E-state index is 0.0209. The number of aromatic nitrogens is 3. The van der Waals surface area contributed by atoms with E-state index in [1.54, 1.807) is 30.1 Å². The molecule has 3 heterocycles. The molecule has 1 saturated heterocycles. The molecule has 5 rings (SSSR count). The van der Waals surface area contributed by atoms with Gasteiger partial charge in [-0.2, -0.15) is 13.2 Å². The molecule has 0 saturated carbocycles. The molecule has 0 atom stereocenters. The minimum Gasteiger partial charge on any atom is -0.366 e. The van der Waals surface area contributed by atoms with Gasteiger partial charge in [-0.15, -0.1) is 0 Å². The van der Waals surface area contributed by atoms with E-state index in [4.69, 9.17) is 5.73 Å². The Morgan fingerprint density at radius 3 is 2.41 bits per heavy atom. The van der Waals surface area contributed by atoms with Gasteiger partial charge in [0.2, 0.25) is 11.9 Å². The summed E-state index contributed by atoms with van der Waals surface area (Å²) in [5, 5.41) is 0.986. The number of hydrogen-bond donors (Lipinski definition) is 1. The van der Waals surface area contributed by atoms with E-state index in [9.17, 15) is 22.8 Å². The van der Waals surface area contributed by atoms with Crippen molar-refractivity contribution in [3.05, 3.63) is 89.4 Å². The molecule has 0 unspecified atom stereocenters. The molecular weight excluding hydrogens is 509 g/mol. The number of nitrogens with zero attached hydrogens (tertiary/aromatic N) is 5. The molecule has 1 aliphatic heterocycles. The summed E-state index contributed by atoms with van der Waals surface area (Å²) in [7, 11) is 1.77. The zero-order valence-electron chi connectivity index (χ0n) is 21.2. The number of fused-ring (bicyclic) bond motifs is 1. The van der Waals surface area contributed by atoms with Crippen LogP contribution in [0.2, 0.25) is 0 Å². The number of benzene rings is 2. The molecule has 0 radical (unpaired) electrons. The number of amides is 2. The van der Waals surface area contributed by atoms with E-state index in [1.165, 1.54) is 0 Å². The smallest absolute Gasteiger partial charge is 0.366 e. The summed E-state index contributed by atoms with van der Waals surface area (Å²) in [6, 6.07) is 14.7. The molecule has 39 heavy (non-hydrogen) atoms. The number of anilines is 1. The Morgan fingerprint density at radius 2 is 1.74 bits per heavy atom. The average molecular weight is 537 g/mol. The maximum Gasteiger partial charge on any atom is 0.419 e. The zero-order valence-corrected chi connectivity index (χ0v) is 21.2. The lowest BCUT2D eigenvalue weighted by Gasteiger charge is -2.36. The quantitative estimate of drug-likeness (QED) is 0.396. The average Bonchev–Trinajstić information content (AvgIpc) is 3.34. The number of hydrogen-bond acceptors (Lipinski definition) is 5. The lowest BCUT2D eigenvalue weighted by atomic mass is 10.0. The van der Waals surface area contributed by atoms with Crippen molar-refractivity contribution >= 4 is 28.7 Å². The predicted octanol–water partition coefficient (Wildman–Crippen LogP) is 4.34. The van der Waals surface area contributed by atoms with Crippen molar-refractivity contribution in [2.24, 2.45) is 5.73 Å². The predicted molar refractivity (Wildman–Crippen MR) is 140 cm³/mol. The number of alkyl halides is 3. The molecule has 1 fully saturated rings. The van der Waals surface area contributed by atoms with Crippen molar-refractivity contribution in [2.75, 3.05) is 25.0 Å². The largest absolute Gasteiger partial charge is 0.419 e. The summed E-state index contributed by atoms with van der Waals surface area (Å²) in [6.07, 6.45) is 0.336. The molecule has 4 aromatic rings. The second-order valence-corrected chi connectivity index (χ2v) is 9.69. The van der Waals surface area contributed by atoms with Gasteiger partial charge in [-0.25, -0.2) is 9.97 Å². The lowest BCUT2D eigenvalue weighted by Crippen LogP contribution is -2.46. The first-order valence-corrected chi connectivity index (χ1v) is 12.5. The van der Waals surface area contributed by atoms with Gasteiger partial charge < -0.3 is 20.1 Å². The van der Waals surface area contributed by atoms with Crippen LogP contribution < -0.4 is 10.6 Å². The number of rotatable bonds is 6. The van der Waals surface area contributed by atoms with Gasteiger partial charge in [0.05, 0.1) is 5.56 Å². The lowest BCUT2D eigenvalue weighted by molar-refractivity contribution is -0.138. The second kappa shape index (κ2) is 10.4. The van der Waals surface area contributed by atoms with Gasteiger partial charge in [0.25, 0.3) is 5.91 Å². The van der Waals surface area contributed by atoms with Crippen LogP contribution in [0.1, 0.15) is 44.7 Å². The van der Waals surface area contributed by atoms with Crippen molar-refractivity contribution in [2.45, 2.75) is 31.6 Å². The number of primary amides is 1. The highest BCUT2D eigenvalue weighted by molar-refractivity contribution is 5.97. The van der Waals surface area contributed by atoms with Crippen LogP contribution in [0.5, 0.6) is 0 Å². The Balaban J connectivity index is 1.23. The minimum atomic E-state index is -4.48. The standard InChI is InChI=1S/C28H27F3N6O2/c1-35(23-8-11-36(12-9-23)27-33-15-22(16-34-27)28(29,30)31)26(39)21-4-2-3-18(13-21)17-37-10-7-19-5-6-20(25(32)38)14-24(19)37/h2-7,10,13-16,23H,8-9,11-12,17H2,1H3,(H2,32,38). The monoisotopic (exact) mass is 536 g/mol. The van der Waals surface area contributed by atoms with E-state index in [2.05, 4.69) is 9.97 Å².